The fourth-order valence-corrected chi connectivity index (χ4v) is 2.85. The summed E-state index contributed by atoms with van der Waals surface area (Å²) in [7, 11) is 0. The standard InChI is InChI=1S/C14H26N4O2/c1-11(2)15-8-12-4-3-5-17(10-12)6-7-18-13(19)9-16-14(18)20/h11-12,15H,3-10H2,1-2H3,(H,16,20). The van der Waals surface area contributed by atoms with Gasteiger partial charge in [0, 0.05) is 25.7 Å². The van der Waals surface area contributed by atoms with Gasteiger partial charge < -0.3 is 15.5 Å². The molecule has 2 heterocycles. The predicted molar refractivity (Wildman–Crippen MR) is 77.4 cm³/mol. The maximum atomic E-state index is 11.5. The first-order chi connectivity index (χ1) is 9.56. The zero-order valence-corrected chi connectivity index (χ0v) is 12.5. The number of imide groups is 1. The molecule has 2 fully saturated rings. The number of amides is 3. The SMILES string of the molecule is CC(C)NCC1CCCN(CCN2C(=O)CNC2=O)C1. The van der Waals surface area contributed by atoms with Crippen LogP contribution in [0.4, 0.5) is 4.79 Å². The van der Waals surface area contributed by atoms with Gasteiger partial charge in [0.25, 0.3) is 0 Å². The highest BCUT2D eigenvalue weighted by atomic mass is 16.2. The molecule has 1 unspecified atom stereocenters. The molecule has 6 heteroatoms. The van der Waals surface area contributed by atoms with Crippen molar-refractivity contribution in [3.63, 3.8) is 0 Å². The number of carbonyl (C=O) groups excluding carboxylic acids is 2. The lowest BCUT2D eigenvalue weighted by atomic mass is 9.98. The number of carbonyl (C=O) groups is 2. The summed E-state index contributed by atoms with van der Waals surface area (Å²) in [6.45, 7) is 8.96. The molecule has 0 bridgehead atoms. The topological polar surface area (TPSA) is 64.7 Å². The van der Waals surface area contributed by atoms with Crippen LogP contribution < -0.4 is 10.6 Å². The molecule has 0 aliphatic carbocycles. The van der Waals surface area contributed by atoms with Crippen LogP contribution in [0.5, 0.6) is 0 Å². The van der Waals surface area contributed by atoms with Crippen molar-refractivity contribution in [3.05, 3.63) is 0 Å². The molecule has 2 rings (SSSR count). The molecule has 2 saturated heterocycles. The van der Waals surface area contributed by atoms with E-state index < -0.39 is 0 Å². The summed E-state index contributed by atoms with van der Waals surface area (Å²) < 4.78 is 0. The molecule has 6 nitrogen and oxygen atoms in total. The van der Waals surface area contributed by atoms with Crippen molar-refractivity contribution in [1.29, 1.82) is 0 Å². The third-order valence-electron chi connectivity index (χ3n) is 3.99. The van der Waals surface area contributed by atoms with Crippen LogP contribution >= 0.6 is 0 Å². The number of hydrogen-bond donors (Lipinski definition) is 2. The first kappa shape index (κ1) is 15.3. The van der Waals surface area contributed by atoms with Crippen molar-refractivity contribution in [3.8, 4) is 0 Å². The van der Waals surface area contributed by atoms with Gasteiger partial charge in [0.1, 0.15) is 0 Å². The van der Waals surface area contributed by atoms with Crippen LogP contribution in [-0.2, 0) is 4.79 Å². The van der Waals surface area contributed by atoms with E-state index in [4.69, 9.17) is 0 Å². The Bertz CT molecular complexity index is 343. The van der Waals surface area contributed by atoms with E-state index in [1.54, 1.807) is 0 Å². The quantitative estimate of drug-likeness (QED) is 0.685. The van der Waals surface area contributed by atoms with Crippen molar-refractivity contribution >= 4 is 11.9 Å². The van der Waals surface area contributed by atoms with E-state index in [9.17, 15) is 9.59 Å². The summed E-state index contributed by atoms with van der Waals surface area (Å²) in [5.41, 5.74) is 0. The van der Waals surface area contributed by atoms with Crippen LogP contribution in [0, 0.1) is 5.92 Å². The number of piperidine rings is 1. The van der Waals surface area contributed by atoms with E-state index in [1.807, 2.05) is 0 Å². The maximum absolute atomic E-state index is 11.5. The fraction of sp³-hybridized carbons (Fsp3) is 0.857. The molecule has 2 N–H and O–H groups in total. The van der Waals surface area contributed by atoms with Gasteiger partial charge in [-0.15, -0.1) is 0 Å². The largest absolute Gasteiger partial charge is 0.329 e. The zero-order valence-electron chi connectivity index (χ0n) is 12.5. The smallest absolute Gasteiger partial charge is 0.324 e. The Hall–Kier alpha value is -1.14. The van der Waals surface area contributed by atoms with Gasteiger partial charge in [-0.25, -0.2) is 4.79 Å². The minimum Gasteiger partial charge on any atom is -0.329 e. The number of rotatable bonds is 6. The summed E-state index contributed by atoms with van der Waals surface area (Å²) in [6.07, 6.45) is 2.46. The molecular weight excluding hydrogens is 256 g/mol. The average Bonchev–Trinajstić information content (AvgIpc) is 2.74. The van der Waals surface area contributed by atoms with Gasteiger partial charge in [0.15, 0.2) is 0 Å². The molecular formula is C14H26N4O2. The van der Waals surface area contributed by atoms with Crippen LogP contribution in [-0.4, -0.2) is 67.0 Å². The second kappa shape index (κ2) is 7.04. The Morgan fingerprint density at radius 1 is 1.35 bits per heavy atom. The monoisotopic (exact) mass is 282 g/mol. The van der Waals surface area contributed by atoms with Crippen LogP contribution in [0.25, 0.3) is 0 Å². The molecule has 0 radical (unpaired) electrons. The molecule has 3 amide bonds. The van der Waals surface area contributed by atoms with Gasteiger partial charge >= 0.3 is 6.03 Å². The van der Waals surface area contributed by atoms with Gasteiger partial charge in [0.2, 0.25) is 5.91 Å². The summed E-state index contributed by atoms with van der Waals surface area (Å²) in [6, 6.07) is 0.279. The van der Waals surface area contributed by atoms with Crippen molar-refractivity contribution in [2.45, 2.75) is 32.7 Å². The van der Waals surface area contributed by atoms with E-state index in [0.717, 1.165) is 26.2 Å². The third kappa shape index (κ3) is 4.18. The van der Waals surface area contributed by atoms with Crippen molar-refractivity contribution in [2.75, 3.05) is 39.3 Å². The molecule has 20 heavy (non-hydrogen) atoms. The van der Waals surface area contributed by atoms with Gasteiger partial charge in [-0.3, -0.25) is 9.69 Å². The molecule has 2 aliphatic rings. The van der Waals surface area contributed by atoms with E-state index in [0.29, 0.717) is 18.5 Å². The van der Waals surface area contributed by atoms with Gasteiger partial charge in [-0.2, -0.15) is 0 Å². The Kier molecular flexibility index (Phi) is 5.37. The summed E-state index contributed by atoms with van der Waals surface area (Å²) >= 11 is 0. The van der Waals surface area contributed by atoms with E-state index in [1.165, 1.54) is 17.7 Å². The van der Waals surface area contributed by atoms with Crippen LogP contribution in [0.1, 0.15) is 26.7 Å². The second-order valence-corrected chi connectivity index (χ2v) is 6.08. The highest BCUT2D eigenvalue weighted by molar-refractivity contribution is 6.01. The summed E-state index contributed by atoms with van der Waals surface area (Å²) in [4.78, 5) is 26.7. The van der Waals surface area contributed by atoms with E-state index >= 15 is 0 Å². The number of hydrogen-bond acceptors (Lipinski definition) is 4. The summed E-state index contributed by atoms with van der Waals surface area (Å²) in [5.74, 6) is 0.569. The highest BCUT2D eigenvalue weighted by Crippen LogP contribution is 2.16. The van der Waals surface area contributed by atoms with Crippen LogP contribution in [0.15, 0.2) is 0 Å². The Morgan fingerprint density at radius 2 is 2.15 bits per heavy atom. The van der Waals surface area contributed by atoms with Crippen molar-refractivity contribution in [2.24, 2.45) is 5.92 Å². The van der Waals surface area contributed by atoms with Crippen LogP contribution in [0.3, 0.4) is 0 Å². The minimum atomic E-state index is -0.245. The third-order valence-corrected chi connectivity index (χ3v) is 3.99. The van der Waals surface area contributed by atoms with Crippen LogP contribution in [0.2, 0.25) is 0 Å². The lowest BCUT2D eigenvalue weighted by Crippen LogP contribution is -2.45. The normalized spacial score (nSPS) is 24.6. The molecule has 0 spiro atoms. The average molecular weight is 282 g/mol. The molecule has 0 aromatic rings. The van der Waals surface area contributed by atoms with Crippen molar-refractivity contribution < 1.29 is 9.59 Å². The number of nitrogens with one attached hydrogen (secondary N) is 2. The first-order valence-corrected chi connectivity index (χ1v) is 7.60. The lowest BCUT2D eigenvalue weighted by molar-refractivity contribution is -0.125. The molecule has 0 aromatic carbocycles. The first-order valence-electron chi connectivity index (χ1n) is 7.60. The highest BCUT2D eigenvalue weighted by Gasteiger charge is 2.29. The maximum Gasteiger partial charge on any atom is 0.324 e. The predicted octanol–water partition coefficient (Wildman–Crippen LogP) is 0.248. The summed E-state index contributed by atoms with van der Waals surface area (Å²) in [5, 5.41) is 6.05. The van der Waals surface area contributed by atoms with E-state index in [-0.39, 0.29) is 18.5 Å². The number of urea groups is 1. The zero-order chi connectivity index (χ0) is 14.5. The molecule has 1 atom stereocenters. The molecule has 0 aromatic heterocycles. The molecule has 114 valence electrons. The Balaban J connectivity index is 1.72. The van der Waals surface area contributed by atoms with Crippen molar-refractivity contribution in [1.82, 2.24) is 20.4 Å². The van der Waals surface area contributed by atoms with Gasteiger partial charge in [-0.1, -0.05) is 13.8 Å². The Morgan fingerprint density at radius 3 is 2.80 bits per heavy atom. The van der Waals surface area contributed by atoms with E-state index in [2.05, 4.69) is 29.4 Å². The molecule has 2 aliphatic heterocycles. The Labute approximate surface area is 120 Å². The molecule has 0 saturated carbocycles. The second-order valence-electron chi connectivity index (χ2n) is 6.08. The fourth-order valence-electron chi connectivity index (χ4n) is 2.85. The number of nitrogens with zero attached hydrogens (tertiary/aromatic N) is 2. The van der Waals surface area contributed by atoms with Gasteiger partial charge in [-0.05, 0) is 31.8 Å². The lowest BCUT2D eigenvalue weighted by Gasteiger charge is -2.33. The minimum absolute atomic E-state index is 0.106. The van der Waals surface area contributed by atoms with Gasteiger partial charge in [0.05, 0.1) is 6.54 Å². The number of likely N-dealkylation sites (tertiary alicyclic amines) is 1.